The van der Waals surface area contributed by atoms with Crippen molar-refractivity contribution in [3.63, 3.8) is 0 Å². The van der Waals surface area contributed by atoms with Crippen LogP contribution in [0.5, 0.6) is 5.75 Å². The molecule has 31 heavy (non-hydrogen) atoms. The zero-order valence-electron chi connectivity index (χ0n) is 18.6. The average Bonchev–Trinajstić information content (AvgIpc) is 3.56. The number of benzene rings is 2. The van der Waals surface area contributed by atoms with Gasteiger partial charge in [-0.1, -0.05) is 24.3 Å². The highest BCUT2D eigenvalue weighted by Crippen LogP contribution is 2.19. The largest absolute Gasteiger partial charge is 0.491 e. The Bertz CT molecular complexity index is 897. The molecule has 5 heteroatoms. The molecule has 0 saturated heterocycles. The highest BCUT2D eigenvalue weighted by atomic mass is 16.5. The second-order valence-corrected chi connectivity index (χ2v) is 8.46. The summed E-state index contributed by atoms with van der Waals surface area (Å²) in [5.74, 6) is 0.720. The Morgan fingerprint density at radius 1 is 1.03 bits per heavy atom. The van der Waals surface area contributed by atoms with Crippen LogP contribution in [-0.2, 0) is 11.2 Å². The highest BCUT2D eigenvalue weighted by molar-refractivity contribution is 5.95. The molecule has 0 bridgehead atoms. The maximum Gasteiger partial charge on any atom is 0.251 e. The van der Waals surface area contributed by atoms with Gasteiger partial charge in [-0.05, 0) is 87.9 Å². The first-order chi connectivity index (χ1) is 14.9. The lowest BCUT2D eigenvalue weighted by atomic mass is 10.1. The van der Waals surface area contributed by atoms with E-state index in [4.69, 9.17) is 4.74 Å². The van der Waals surface area contributed by atoms with Crippen molar-refractivity contribution in [3.8, 4) is 5.75 Å². The van der Waals surface area contributed by atoms with Gasteiger partial charge in [0, 0.05) is 23.7 Å². The summed E-state index contributed by atoms with van der Waals surface area (Å²) in [6, 6.07) is 15.8. The van der Waals surface area contributed by atoms with Gasteiger partial charge in [0.25, 0.3) is 5.91 Å². The topological polar surface area (TPSA) is 67.4 Å². The van der Waals surface area contributed by atoms with Gasteiger partial charge in [-0.15, -0.1) is 0 Å². The molecular weight excluding hydrogens is 388 g/mol. The Hall–Kier alpha value is -3.08. The number of amides is 2. The molecule has 1 fully saturated rings. The summed E-state index contributed by atoms with van der Waals surface area (Å²) in [4.78, 5) is 24.2. The first-order valence-corrected chi connectivity index (χ1v) is 11.0. The molecule has 164 valence electrons. The number of nitrogens with one attached hydrogen (secondary N) is 2. The van der Waals surface area contributed by atoms with E-state index in [2.05, 4.69) is 22.8 Å². The van der Waals surface area contributed by atoms with Crippen LogP contribution in [0.1, 0.15) is 61.5 Å². The molecule has 0 heterocycles. The van der Waals surface area contributed by atoms with Gasteiger partial charge in [-0.25, -0.2) is 0 Å². The molecule has 2 aromatic rings. The Morgan fingerprint density at radius 3 is 2.32 bits per heavy atom. The molecule has 1 aliphatic rings. The van der Waals surface area contributed by atoms with Crippen LogP contribution < -0.4 is 15.4 Å². The molecule has 0 radical (unpaired) electrons. The Balaban J connectivity index is 1.41. The number of rotatable bonds is 10. The van der Waals surface area contributed by atoms with Crippen molar-refractivity contribution in [1.29, 1.82) is 0 Å². The van der Waals surface area contributed by atoms with Gasteiger partial charge in [0.1, 0.15) is 5.75 Å². The number of hydrogen-bond acceptors (Lipinski definition) is 3. The van der Waals surface area contributed by atoms with Crippen LogP contribution in [0.4, 0.5) is 0 Å². The van der Waals surface area contributed by atoms with E-state index in [0.29, 0.717) is 11.6 Å². The van der Waals surface area contributed by atoms with Crippen LogP contribution in [-0.4, -0.2) is 30.0 Å². The Morgan fingerprint density at radius 2 is 1.71 bits per heavy atom. The fourth-order valence-corrected chi connectivity index (χ4v) is 3.17. The molecule has 2 amide bonds. The molecule has 2 N–H and O–H groups in total. The summed E-state index contributed by atoms with van der Waals surface area (Å²) in [6.07, 6.45) is 7.34. The lowest BCUT2D eigenvalue weighted by Crippen LogP contribution is -2.31. The molecule has 3 rings (SSSR count). The number of aryl methyl sites for hydroxylation is 1. The molecular formula is C26H32N2O3. The Kier molecular flexibility index (Phi) is 7.88. The third kappa shape index (κ3) is 7.93. The van der Waals surface area contributed by atoms with Crippen molar-refractivity contribution in [2.75, 3.05) is 0 Å². The standard InChI is InChI=1S/C26H32N2O3/c1-18(2)31-24-15-8-20(9-16-24)5-4-19(3)27-25(29)17-10-21-6-11-22(12-7-21)26(30)28-23-13-14-23/h6-12,15-19,23H,4-5,13-14H2,1-3H3,(H,27,29)(H,28,30)/b17-10+. The van der Waals surface area contributed by atoms with Gasteiger partial charge < -0.3 is 15.4 Å². The van der Waals surface area contributed by atoms with E-state index >= 15 is 0 Å². The van der Waals surface area contributed by atoms with Gasteiger partial charge in [0.2, 0.25) is 5.91 Å². The van der Waals surface area contributed by atoms with Crippen LogP contribution >= 0.6 is 0 Å². The first-order valence-electron chi connectivity index (χ1n) is 11.0. The van der Waals surface area contributed by atoms with Crippen molar-refractivity contribution < 1.29 is 14.3 Å². The van der Waals surface area contributed by atoms with Crippen LogP contribution in [0.3, 0.4) is 0 Å². The normalized spacial score (nSPS) is 14.5. The van der Waals surface area contributed by atoms with Gasteiger partial charge >= 0.3 is 0 Å². The molecule has 1 saturated carbocycles. The van der Waals surface area contributed by atoms with E-state index in [1.54, 1.807) is 18.2 Å². The fourth-order valence-electron chi connectivity index (χ4n) is 3.17. The van der Waals surface area contributed by atoms with Crippen molar-refractivity contribution in [2.24, 2.45) is 0 Å². The van der Waals surface area contributed by atoms with E-state index in [1.807, 2.05) is 45.0 Å². The SMILES string of the molecule is CC(CCc1ccc(OC(C)C)cc1)NC(=O)/C=C/c1ccc(C(=O)NC2CC2)cc1. The van der Waals surface area contributed by atoms with Gasteiger partial charge in [-0.2, -0.15) is 0 Å². The highest BCUT2D eigenvalue weighted by Gasteiger charge is 2.23. The number of carbonyl (C=O) groups excluding carboxylic acids is 2. The number of carbonyl (C=O) groups is 2. The van der Waals surface area contributed by atoms with E-state index in [0.717, 1.165) is 37.0 Å². The smallest absolute Gasteiger partial charge is 0.251 e. The third-order valence-corrected chi connectivity index (χ3v) is 5.06. The van der Waals surface area contributed by atoms with E-state index in [-0.39, 0.29) is 24.0 Å². The lowest BCUT2D eigenvalue weighted by molar-refractivity contribution is -0.117. The monoisotopic (exact) mass is 420 g/mol. The summed E-state index contributed by atoms with van der Waals surface area (Å²) in [6.45, 7) is 6.03. The molecule has 2 aromatic carbocycles. The fraction of sp³-hybridized carbons (Fsp3) is 0.385. The number of ether oxygens (including phenoxy) is 1. The van der Waals surface area contributed by atoms with Crippen molar-refractivity contribution in [1.82, 2.24) is 10.6 Å². The molecule has 1 unspecified atom stereocenters. The van der Waals surface area contributed by atoms with Crippen LogP contribution in [0.2, 0.25) is 0 Å². The average molecular weight is 421 g/mol. The third-order valence-electron chi connectivity index (χ3n) is 5.06. The van der Waals surface area contributed by atoms with E-state index in [9.17, 15) is 9.59 Å². The minimum Gasteiger partial charge on any atom is -0.491 e. The zero-order chi connectivity index (χ0) is 22.2. The summed E-state index contributed by atoms with van der Waals surface area (Å²) in [7, 11) is 0. The van der Waals surface area contributed by atoms with E-state index < -0.39 is 0 Å². The lowest BCUT2D eigenvalue weighted by Gasteiger charge is -2.13. The first kappa shape index (κ1) is 22.6. The summed E-state index contributed by atoms with van der Waals surface area (Å²) in [5.41, 5.74) is 2.75. The molecule has 1 aliphatic carbocycles. The van der Waals surface area contributed by atoms with Gasteiger partial charge in [0.05, 0.1) is 6.10 Å². The predicted octanol–water partition coefficient (Wildman–Crippen LogP) is 4.52. The zero-order valence-corrected chi connectivity index (χ0v) is 18.6. The minimum absolute atomic E-state index is 0.0355. The summed E-state index contributed by atoms with van der Waals surface area (Å²) >= 11 is 0. The van der Waals surface area contributed by atoms with Crippen LogP contribution in [0.25, 0.3) is 6.08 Å². The minimum atomic E-state index is -0.122. The van der Waals surface area contributed by atoms with Crippen LogP contribution in [0, 0.1) is 0 Å². The predicted molar refractivity (Wildman–Crippen MR) is 124 cm³/mol. The second kappa shape index (κ2) is 10.8. The molecule has 0 aliphatic heterocycles. The van der Waals surface area contributed by atoms with Crippen molar-refractivity contribution in [3.05, 3.63) is 71.3 Å². The van der Waals surface area contributed by atoms with Crippen molar-refractivity contribution in [2.45, 2.75) is 64.6 Å². The maximum atomic E-state index is 12.2. The molecule has 1 atom stereocenters. The molecule has 5 nitrogen and oxygen atoms in total. The quantitative estimate of drug-likeness (QED) is 0.556. The Labute approximate surface area is 184 Å². The van der Waals surface area contributed by atoms with Gasteiger partial charge in [-0.3, -0.25) is 9.59 Å². The second-order valence-electron chi connectivity index (χ2n) is 8.46. The molecule has 0 aromatic heterocycles. The van der Waals surface area contributed by atoms with Gasteiger partial charge in [0.15, 0.2) is 0 Å². The van der Waals surface area contributed by atoms with Crippen LogP contribution in [0.15, 0.2) is 54.6 Å². The van der Waals surface area contributed by atoms with Crippen molar-refractivity contribution >= 4 is 17.9 Å². The number of hydrogen-bond donors (Lipinski definition) is 2. The summed E-state index contributed by atoms with van der Waals surface area (Å²) in [5, 5.41) is 5.97. The maximum absolute atomic E-state index is 12.2. The van der Waals surface area contributed by atoms with E-state index in [1.165, 1.54) is 11.6 Å². The summed E-state index contributed by atoms with van der Waals surface area (Å²) < 4.78 is 5.66. The molecule has 0 spiro atoms.